The van der Waals surface area contributed by atoms with Crippen molar-refractivity contribution in [2.45, 2.75) is 37.9 Å². The van der Waals surface area contributed by atoms with Crippen molar-refractivity contribution in [3.05, 3.63) is 16.1 Å². The smallest absolute Gasteiger partial charge is 0.119 e. The maximum Gasteiger partial charge on any atom is 0.119 e. The molecule has 1 aromatic heterocycles. The highest BCUT2D eigenvalue weighted by molar-refractivity contribution is 7.09. The molecular weight excluding hydrogens is 206 g/mol. The molecule has 72 valence electrons. The predicted molar refractivity (Wildman–Crippen MR) is 54.1 cm³/mol. The summed E-state index contributed by atoms with van der Waals surface area (Å²) in [6.07, 6.45) is 4.24. The average Bonchev–Trinajstić information content (AvgIpc) is 2.49. The van der Waals surface area contributed by atoms with E-state index in [1.807, 2.05) is 5.38 Å². The van der Waals surface area contributed by atoms with Crippen LogP contribution >= 0.6 is 22.9 Å². The first-order valence-corrected chi connectivity index (χ1v) is 5.91. The molecule has 0 aliphatic heterocycles. The Kier molecular flexibility index (Phi) is 3.19. The van der Waals surface area contributed by atoms with Crippen LogP contribution in [0, 0.1) is 0 Å². The lowest BCUT2D eigenvalue weighted by molar-refractivity contribution is -0.00875. The fourth-order valence-corrected chi connectivity index (χ4v) is 2.15. The summed E-state index contributed by atoms with van der Waals surface area (Å²) in [5, 5.41) is 3.04. The number of thiazole rings is 1. The summed E-state index contributed by atoms with van der Waals surface area (Å²) in [4.78, 5) is 4.32. The molecular formula is C9H12ClNOS. The van der Waals surface area contributed by atoms with E-state index in [1.165, 1.54) is 19.3 Å². The lowest BCUT2D eigenvalue weighted by Crippen LogP contribution is -2.21. The summed E-state index contributed by atoms with van der Waals surface area (Å²) < 4.78 is 5.63. The molecule has 0 aromatic carbocycles. The van der Waals surface area contributed by atoms with E-state index >= 15 is 0 Å². The van der Waals surface area contributed by atoms with Gasteiger partial charge in [0.05, 0.1) is 24.3 Å². The SMILES string of the molecule is ClCc1csc(COC2CCC2)n1. The van der Waals surface area contributed by atoms with Crippen LogP contribution in [-0.4, -0.2) is 11.1 Å². The predicted octanol–water partition coefficient (Wildman–Crippen LogP) is 2.95. The van der Waals surface area contributed by atoms with Crippen molar-refractivity contribution in [3.8, 4) is 0 Å². The topological polar surface area (TPSA) is 22.1 Å². The Bertz CT molecular complexity index is 272. The van der Waals surface area contributed by atoms with E-state index in [1.54, 1.807) is 11.3 Å². The van der Waals surface area contributed by atoms with Crippen LogP contribution in [0.5, 0.6) is 0 Å². The number of aromatic nitrogens is 1. The second-order valence-corrected chi connectivity index (χ2v) is 4.44. The summed E-state index contributed by atoms with van der Waals surface area (Å²) >= 11 is 7.27. The normalized spacial score (nSPS) is 17.3. The Morgan fingerprint density at radius 3 is 3.00 bits per heavy atom. The molecule has 1 heterocycles. The molecule has 0 unspecified atom stereocenters. The maximum absolute atomic E-state index is 5.64. The van der Waals surface area contributed by atoms with Crippen LogP contribution in [0.25, 0.3) is 0 Å². The van der Waals surface area contributed by atoms with Crippen molar-refractivity contribution >= 4 is 22.9 Å². The average molecular weight is 218 g/mol. The van der Waals surface area contributed by atoms with Gasteiger partial charge in [0.1, 0.15) is 5.01 Å². The molecule has 1 saturated carbocycles. The number of rotatable bonds is 4. The zero-order valence-corrected chi connectivity index (χ0v) is 8.90. The fraction of sp³-hybridized carbons (Fsp3) is 0.667. The van der Waals surface area contributed by atoms with Crippen LogP contribution in [0.2, 0.25) is 0 Å². The van der Waals surface area contributed by atoms with Gasteiger partial charge in [-0.25, -0.2) is 4.98 Å². The van der Waals surface area contributed by atoms with E-state index in [4.69, 9.17) is 16.3 Å². The van der Waals surface area contributed by atoms with Gasteiger partial charge in [0.15, 0.2) is 0 Å². The van der Waals surface area contributed by atoms with Gasteiger partial charge in [0.2, 0.25) is 0 Å². The third-order valence-corrected chi connectivity index (χ3v) is 3.38. The second kappa shape index (κ2) is 4.40. The molecule has 1 aliphatic carbocycles. The van der Waals surface area contributed by atoms with Crippen molar-refractivity contribution in [1.29, 1.82) is 0 Å². The molecule has 1 aliphatic rings. The number of halogens is 1. The third-order valence-electron chi connectivity index (χ3n) is 2.23. The van der Waals surface area contributed by atoms with Crippen molar-refractivity contribution in [3.63, 3.8) is 0 Å². The molecule has 13 heavy (non-hydrogen) atoms. The van der Waals surface area contributed by atoms with E-state index in [0.29, 0.717) is 18.6 Å². The van der Waals surface area contributed by atoms with E-state index in [9.17, 15) is 0 Å². The number of hydrogen-bond acceptors (Lipinski definition) is 3. The quantitative estimate of drug-likeness (QED) is 0.724. The highest BCUT2D eigenvalue weighted by atomic mass is 35.5. The van der Waals surface area contributed by atoms with Crippen LogP contribution in [0.1, 0.15) is 30.0 Å². The summed E-state index contributed by atoms with van der Waals surface area (Å²) in [5.74, 6) is 0.500. The molecule has 0 saturated heterocycles. The number of alkyl halides is 1. The Labute approximate surface area is 86.9 Å². The summed E-state index contributed by atoms with van der Waals surface area (Å²) in [6, 6.07) is 0. The lowest BCUT2D eigenvalue weighted by Gasteiger charge is -2.24. The van der Waals surface area contributed by atoms with Gasteiger partial charge in [0.25, 0.3) is 0 Å². The number of nitrogens with zero attached hydrogens (tertiary/aromatic N) is 1. The van der Waals surface area contributed by atoms with Gasteiger partial charge in [-0.05, 0) is 19.3 Å². The number of ether oxygens (including phenoxy) is 1. The van der Waals surface area contributed by atoms with Gasteiger partial charge in [0, 0.05) is 5.38 Å². The fourth-order valence-electron chi connectivity index (χ4n) is 1.20. The van der Waals surface area contributed by atoms with E-state index in [0.717, 1.165) is 10.7 Å². The molecule has 0 atom stereocenters. The summed E-state index contributed by atoms with van der Waals surface area (Å²) in [6.45, 7) is 0.659. The van der Waals surface area contributed by atoms with E-state index in [-0.39, 0.29) is 0 Å². The van der Waals surface area contributed by atoms with Crippen molar-refractivity contribution in [2.24, 2.45) is 0 Å². The molecule has 2 nitrogen and oxygen atoms in total. The molecule has 2 rings (SSSR count). The maximum atomic E-state index is 5.64. The Morgan fingerprint density at radius 1 is 1.62 bits per heavy atom. The minimum absolute atomic E-state index is 0.489. The molecule has 1 aromatic rings. The third kappa shape index (κ3) is 2.42. The van der Waals surface area contributed by atoms with Crippen molar-refractivity contribution in [2.75, 3.05) is 0 Å². The lowest BCUT2D eigenvalue weighted by atomic mass is 9.96. The first kappa shape index (κ1) is 9.44. The van der Waals surface area contributed by atoms with Gasteiger partial charge in [-0.1, -0.05) is 0 Å². The first-order chi connectivity index (χ1) is 6.38. The highest BCUT2D eigenvalue weighted by Crippen LogP contribution is 2.23. The first-order valence-electron chi connectivity index (χ1n) is 4.49. The molecule has 0 spiro atoms. The van der Waals surface area contributed by atoms with Crippen LogP contribution in [0.15, 0.2) is 5.38 Å². The second-order valence-electron chi connectivity index (χ2n) is 3.23. The molecule has 4 heteroatoms. The zero-order chi connectivity index (χ0) is 9.10. The molecule has 0 amide bonds. The largest absolute Gasteiger partial charge is 0.371 e. The van der Waals surface area contributed by atoms with Gasteiger partial charge in [-0.3, -0.25) is 0 Å². The van der Waals surface area contributed by atoms with Crippen molar-refractivity contribution in [1.82, 2.24) is 4.98 Å². The zero-order valence-electron chi connectivity index (χ0n) is 7.33. The van der Waals surface area contributed by atoms with E-state index < -0.39 is 0 Å². The summed E-state index contributed by atoms with van der Waals surface area (Å²) in [5.41, 5.74) is 0.957. The highest BCUT2D eigenvalue weighted by Gasteiger charge is 2.18. The molecule has 0 N–H and O–H groups in total. The van der Waals surface area contributed by atoms with Crippen LogP contribution in [0.4, 0.5) is 0 Å². The Morgan fingerprint density at radius 2 is 2.46 bits per heavy atom. The molecule has 0 bridgehead atoms. The van der Waals surface area contributed by atoms with E-state index in [2.05, 4.69) is 4.98 Å². The van der Waals surface area contributed by atoms with Crippen LogP contribution < -0.4 is 0 Å². The monoisotopic (exact) mass is 217 g/mol. The minimum atomic E-state index is 0.489. The van der Waals surface area contributed by atoms with Crippen LogP contribution in [0.3, 0.4) is 0 Å². The van der Waals surface area contributed by atoms with Gasteiger partial charge >= 0.3 is 0 Å². The Balaban J connectivity index is 1.79. The molecule has 1 fully saturated rings. The van der Waals surface area contributed by atoms with Gasteiger partial charge in [-0.15, -0.1) is 22.9 Å². The van der Waals surface area contributed by atoms with Gasteiger partial charge in [-0.2, -0.15) is 0 Å². The minimum Gasteiger partial charge on any atom is -0.371 e. The van der Waals surface area contributed by atoms with Gasteiger partial charge < -0.3 is 4.74 Å². The molecule has 0 radical (unpaired) electrons. The number of hydrogen-bond donors (Lipinski definition) is 0. The van der Waals surface area contributed by atoms with Crippen LogP contribution in [-0.2, 0) is 17.2 Å². The summed E-state index contributed by atoms with van der Waals surface area (Å²) in [7, 11) is 0. The van der Waals surface area contributed by atoms with Crippen molar-refractivity contribution < 1.29 is 4.74 Å². The Hall–Kier alpha value is -0.120. The standard InChI is InChI=1S/C9H12ClNOS/c10-4-7-6-13-9(11-7)5-12-8-2-1-3-8/h6,8H,1-5H2.